The molecule has 6 rings (SSSR count). The Morgan fingerprint density at radius 2 is 1.69 bits per heavy atom. The maximum Gasteiger partial charge on any atom is 0.338 e. The van der Waals surface area contributed by atoms with E-state index >= 15 is 0 Å². The van der Waals surface area contributed by atoms with Crippen LogP contribution in [0.5, 0.6) is 0 Å². The predicted molar refractivity (Wildman–Crippen MR) is 170 cm³/mol. The fourth-order valence-electron chi connectivity index (χ4n) is 5.44. The lowest BCUT2D eigenvalue weighted by Gasteiger charge is -2.31. The van der Waals surface area contributed by atoms with Crippen LogP contribution in [0.4, 0.5) is 15.8 Å². The molecule has 3 amide bonds. The molecule has 3 atom stereocenters. The maximum atomic E-state index is 14.1. The molecule has 3 aromatic carbocycles. The second-order valence-electron chi connectivity index (χ2n) is 10.1. The van der Waals surface area contributed by atoms with Gasteiger partial charge in [-0.05, 0) is 67.1 Å². The van der Waals surface area contributed by atoms with E-state index in [1.54, 1.807) is 25.1 Å². The highest BCUT2D eigenvalue weighted by Gasteiger charge is 2.57. The summed E-state index contributed by atoms with van der Waals surface area (Å²) in [5.74, 6) is -4.34. The number of rotatable bonds is 7. The molecule has 1 N–H and O–H groups in total. The first-order valence-corrected chi connectivity index (χ1v) is 16.1. The Labute approximate surface area is 273 Å². The molecule has 1 fully saturated rings. The molecular formula is C31H22Cl2FN3O6S2. The van der Waals surface area contributed by atoms with Gasteiger partial charge in [-0.1, -0.05) is 58.4 Å². The van der Waals surface area contributed by atoms with Crippen molar-refractivity contribution in [1.82, 2.24) is 4.57 Å². The second kappa shape index (κ2) is 12.4. The smallest absolute Gasteiger partial charge is 0.338 e. The Morgan fingerprint density at radius 1 is 0.978 bits per heavy atom. The number of thiazole rings is 1. The Bertz CT molecular complexity index is 1910. The number of ether oxygens (including phenoxy) is 1. The van der Waals surface area contributed by atoms with E-state index in [4.69, 9.17) is 27.9 Å². The van der Waals surface area contributed by atoms with E-state index in [0.29, 0.717) is 21.2 Å². The molecule has 0 spiro atoms. The van der Waals surface area contributed by atoms with Gasteiger partial charge in [0.15, 0.2) is 0 Å². The number of hydrogen-bond donors (Lipinski definition) is 1. The topological polar surface area (TPSA) is 115 Å². The second-order valence-corrected chi connectivity index (χ2v) is 13.1. The quantitative estimate of drug-likeness (QED) is 0.188. The number of nitrogens with one attached hydrogen (secondary N) is 1. The van der Waals surface area contributed by atoms with E-state index < -0.39 is 51.5 Å². The summed E-state index contributed by atoms with van der Waals surface area (Å²) in [5.41, 5.74) is 1.34. The van der Waals surface area contributed by atoms with Crippen molar-refractivity contribution in [3.8, 4) is 0 Å². The van der Waals surface area contributed by atoms with Crippen LogP contribution in [0.3, 0.4) is 0 Å². The summed E-state index contributed by atoms with van der Waals surface area (Å²) in [4.78, 5) is 67.6. The molecule has 2 aliphatic rings. The monoisotopic (exact) mass is 685 g/mol. The van der Waals surface area contributed by atoms with Gasteiger partial charge in [0, 0.05) is 16.5 Å². The number of thioether (sulfide) groups is 1. The Balaban J connectivity index is 1.39. The molecule has 0 aliphatic carbocycles. The maximum absolute atomic E-state index is 14.1. The molecule has 0 bridgehead atoms. The molecule has 14 heteroatoms. The molecular weight excluding hydrogens is 664 g/mol. The zero-order valence-corrected chi connectivity index (χ0v) is 26.4. The minimum Gasteiger partial charge on any atom is -0.462 e. The van der Waals surface area contributed by atoms with Crippen LogP contribution in [0.1, 0.15) is 33.6 Å². The number of anilines is 2. The average molecular weight is 687 g/mol. The fourth-order valence-corrected chi connectivity index (χ4v) is 8.63. The molecule has 230 valence electrons. The predicted octanol–water partition coefficient (Wildman–Crippen LogP) is 5.97. The molecule has 0 radical (unpaired) electrons. The van der Waals surface area contributed by atoms with Gasteiger partial charge in [-0.15, -0.1) is 0 Å². The summed E-state index contributed by atoms with van der Waals surface area (Å²) in [5, 5.41) is 2.46. The Morgan fingerprint density at radius 3 is 2.38 bits per heavy atom. The number of nitrogens with zero attached hydrogens (tertiary/aromatic N) is 2. The molecule has 45 heavy (non-hydrogen) atoms. The lowest BCUT2D eigenvalue weighted by atomic mass is 9.83. The summed E-state index contributed by atoms with van der Waals surface area (Å²) in [7, 11) is 0. The number of carbonyl (C=O) groups is 4. The number of imide groups is 1. The molecule has 3 heterocycles. The normalized spacial score (nSPS) is 18.8. The van der Waals surface area contributed by atoms with Gasteiger partial charge in [0.25, 0.3) is 0 Å². The van der Waals surface area contributed by atoms with Gasteiger partial charge in [0.05, 0.1) is 38.8 Å². The van der Waals surface area contributed by atoms with Crippen molar-refractivity contribution in [2.45, 2.75) is 29.7 Å². The lowest BCUT2D eigenvalue weighted by molar-refractivity contribution is -0.122. The Hall–Kier alpha value is -3.97. The van der Waals surface area contributed by atoms with E-state index in [0.717, 1.165) is 28.0 Å². The Kier molecular flexibility index (Phi) is 8.57. The van der Waals surface area contributed by atoms with Gasteiger partial charge >= 0.3 is 10.8 Å². The third-order valence-corrected chi connectivity index (χ3v) is 10.9. The lowest BCUT2D eigenvalue weighted by Crippen LogP contribution is -2.33. The van der Waals surface area contributed by atoms with E-state index in [-0.39, 0.29) is 34.4 Å². The zero-order valence-electron chi connectivity index (χ0n) is 23.3. The van der Waals surface area contributed by atoms with Crippen LogP contribution in [0, 0.1) is 11.7 Å². The largest absolute Gasteiger partial charge is 0.462 e. The summed E-state index contributed by atoms with van der Waals surface area (Å²) >= 11 is 14.9. The number of aromatic nitrogens is 1. The number of benzene rings is 3. The minimum absolute atomic E-state index is 0.180. The number of esters is 1. The van der Waals surface area contributed by atoms with Crippen molar-refractivity contribution in [3.05, 3.63) is 108 Å². The van der Waals surface area contributed by atoms with Gasteiger partial charge < -0.3 is 10.1 Å². The SMILES string of the molecule is CCOC(=O)c1ccc(N2C(=O)C3Sc4c(sc(=O)n4CC(=O)Nc4ccc(F)cc4)[C@H](c4cccc(Cl)c4Cl)C3C2=O)cc1. The summed E-state index contributed by atoms with van der Waals surface area (Å²) in [6.07, 6.45) is 0. The third kappa shape index (κ3) is 5.67. The van der Waals surface area contributed by atoms with Crippen molar-refractivity contribution < 1.29 is 28.3 Å². The highest BCUT2D eigenvalue weighted by atomic mass is 35.5. The average Bonchev–Trinajstić information content (AvgIpc) is 3.46. The first kappa shape index (κ1) is 31.0. The number of hydrogen-bond acceptors (Lipinski definition) is 8. The van der Waals surface area contributed by atoms with Crippen molar-refractivity contribution in [1.29, 1.82) is 0 Å². The van der Waals surface area contributed by atoms with E-state index in [2.05, 4.69) is 5.32 Å². The van der Waals surface area contributed by atoms with E-state index in [1.165, 1.54) is 53.1 Å². The van der Waals surface area contributed by atoms with Crippen LogP contribution in [0.15, 0.2) is 76.6 Å². The minimum atomic E-state index is -0.963. The molecule has 2 unspecified atom stereocenters. The molecule has 1 aromatic heterocycles. The van der Waals surface area contributed by atoms with Gasteiger partial charge in [-0.3, -0.25) is 23.7 Å². The number of carbonyl (C=O) groups excluding carboxylic acids is 4. The van der Waals surface area contributed by atoms with Gasteiger partial charge in [0.1, 0.15) is 17.6 Å². The van der Waals surface area contributed by atoms with E-state index in [1.807, 2.05) is 0 Å². The van der Waals surface area contributed by atoms with Crippen LogP contribution in [-0.2, 0) is 25.7 Å². The van der Waals surface area contributed by atoms with Gasteiger partial charge in [0.2, 0.25) is 17.7 Å². The molecule has 0 saturated carbocycles. The van der Waals surface area contributed by atoms with Gasteiger partial charge in [-0.2, -0.15) is 0 Å². The summed E-state index contributed by atoms with van der Waals surface area (Å²) < 4.78 is 19.6. The third-order valence-electron chi connectivity index (χ3n) is 7.43. The summed E-state index contributed by atoms with van der Waals surface area (Å²) in [6.45, 7) is 1.50. The summed E-state index contributed by atoms with van der Waals surface area (Å²) in [6, 6.07) is 16.1. The highest BCUT2D eigenvalue weighted by Crippen LogP contribution is 2.55. The van der Waals surface area contributed by atoms with Crippen LogP contribution >= 0.6 is 46.3 Å². The van der Waals surface area contributed by atoms with Crippen LogP contribution in [-0.4, -0.2) is 40.1 Å². The van der Waals surface area contributed by atoms with Crippen molar-refractivity contribution in [2.24, 2.45) is 5.92 Å². The highest BCUT2D eigenvalue weighted by molar-refractivity contribution is 8.00. The fraction of sp³-hybridized carbons (Fsp3) is 0.194. The zero-order chi connectivity index (χ0) is 32.0. The first-order chi connectivity index (χ1) is 21.6. The van der Waals surface area contributed by atoms with Crippen LogP contribution in [0.25, 0.3) is 0 Å². The molecule has 4 aromatic rings. The van der Waals surface area contributed by atoms with Gasteiger partial charge in [-0.25, -0.2) is 14.1 Å². The van der Waals surface area contributed by atoms with E-state index in [9.17, 15) is 28.4 Å². The van der Waals surface area contributed by atoms with Crippen molar-refractivity contribution >= 4 is 81.4 Å². The molecule has 1 saturated heterocycles. The number of amides is 3. The standard InChI is InChI=1S/C31H22Cl2FN3O6S2/c1-2-43-30(41)15-6-12-18(13-7-15)37-27(39)23-22(19-4-3-5-20(32)24(19)33)26-29(44-25(23)28(37)40)36(31(42)45-26)14-21(38)35-17-10-8-16(34)9-11-17/h3-13,22-23,25H,2,14H2,1H3,(H,35,38)/t22-,23?,25?/m1/s1. The number of halogens is 3. The van der Waals surface area contributed by atoms with Crippen LogP contribution < -0.4 is 15.1 Å². The molecule has 2 aliphatic heterocycles. The van der Waals surface area contributed by atoms with Crippen molar-refractivity contribution in [3.63, 3.8) is 0 Å². The van der Waals surface area contributed by atoms with Crippen molar-refractivity contribution in [2.75, 3.05) is 16.8 Å². The molecule has 9 nitrogen and oxygen atoms in total. The number of fused-ring (bicyclic) bond motifs is 2. The van der Waals surface area contributed by atoms with Crippen LogP contribution in [0.2, 0.25) is 10.0 Å². The first-order valence-electron chi connectivity index (χ1n) is 13.6.